The average Bonchev–Trinajstić information content (AvgIpc) is 2.61. The molecule has 0 spiro atoms. The SMILES string of the molecule is CCCCCCC(CCCCCC)OC(=O)c1ccc(F)c(C(F)(F)F)c1. The van der Waals surface area contributed by atoms with Gasteiger partial charge in [-0.2, -0.15) is 13.2 Å². The molecule has 0 saturated heterocycles. The third-order valence-electron chi connectivity index (χ3n) is 4.54. The van der Waals surface area contributed by atoms with E-state index in [1.165, 1.54) is 0 Å². The third kappa shape index (κ3) is 8.76. The highest BCUT2D eigenvalue weighted by Crippen LogP contribution is 2.32. The number of rotatable bonds is 12. The van der Waals surface area contributed by atoms with Crippen LogP contribution in [-0.4, -0.2) is 12.1 Å². The zero-order valence-electron chi connectivity index (χ0n) is 16.2. The van der Waals surface area contributed by atoms with E-state index in [0.29, 0.717) is 25.0 Å². The highest BCUT2D eigenvalue weighted by molar-refractivity contribution is 5.89. The summed E-state index contributed by atoms with van der Waals surface area (Å²) in [6.07, 6.45) is 4.53. The molecule has 0 bridgehead atoms. The summed E-state index contributed by atoms with van der Waals surface area (Å²) in [6.45, 7) is 4.21. The Hall–Kier alpha value is -1.59. The summed E-state index contributed by atoms with van der Waals surface area (Å²) in [7, 11) is 0. The first-order valence-corrected chi connectivity index (χ1v) is 9.87. The number of benzene rings is 1. The molecular weight excluding hydrogens is 360 g/mol. The second kappa shape index (κ2) is 12.0. The lowest BCUT2D eigenvalue weighted by molar-refractivity contribution is -0.140. The van der Waals surface area contributed by atoms with Gasteiger partial charge < -0.3 is 4.74 Å². The van der Waals surface area contributed by atoms with E-state index in [2.05, 4.69) is 13.8 Å². The van der Waals surface area contributed by atoms with Gasteiger partial charge in [0.15, 0.2) is 0 Å². The van der Waals surface area contributed by atoms with E-state index < -0.39 is 23.5 Å². The number of carbonyl (C=O) groups excluding carboxylic acids is 1. The van der Waals surface area contributed by atoms with Gasteiger partial charge >= 0.3 is 12.1 Å². The lowest BCUT2D eigenvalue weighted by atomic mass is 10.0. The van der Waals surface area contributed by atoms with Gasteiger partial charge in [0, 0.05) is 0 Å². The largest absolute Gasteiger partial charge is 0.459 e. The quantitative estimate of drug-likeness (QED) is 0.212. The maximum absolute atomic E-state index is 13.4. The molecule has 0 N–H and O–H groups in total. The monoisotopic (exact) mass is 390 g/mol. The zero-order chi connectivity index (χ0) is 20.3. The molecule has 0 aromatic heterocycles. The Morgan fingerprint density at radius 1 is 0.963 bits per heavy atom. The summed E-state index contributed by atoms with van der Waals surface area (Å²) in [5, 5.41) is 0. The van der Waals surface area contributed by atoms with Crippen LogP contribution in [0.3, 0.4) is 0 Å². The minimum absolute atomic E-state index is 0.268. The summed E-state index contributed by atoms with van der Waals surface area (Å²) < 4.78 is 57.4. The van der Waals surface area contributed by atoms with Crippen LogP contribution in [0.25, 0.3) is 0 Å². The smallest absolute Gasteiger partial charge is 0.419 e. The summed E-state index contributed by atoms with van der Waals surface area (Å²) in [5.74, 6) is -2.22. The van der Waals surface area contributed by atoms with Crippen LogP contribution >= 0.6 is 0 Å². The van der Waals surface area contributed by atoms with Gasteiger partial charge in [0.1, 0.15) is 11.9 Å². The molecular formula is C21H30F4O2. The Morgan fingerprint density at radius 3 is 2.00 bits per heavy atom. The van der Waals surface area contributed by atoms with E-state index >= 15 is 0 Å². The fourth-order valence-electron chi connectivity index (χ4n) is 2.95. The molecule has 0 aliphatic carbocycles. The van der Waals surface area contributed by atoms with E-state index in [4.69, 9.17) is 4.74 Å². The van der Waals surface area contributed by atoms with Gasteiger partial charge in [0.25, 0.3) is 0 Å². The van der Waals surface area contributed by atoms with Gasteiger partial charge in [0.05, 0.1) is 11.1 Å². The maximum Gasteiger partial charge on any atom is 0.419 e. The highest BCUT2D eigenvalue weighted by Gasteiger charge is 2.35. The number of hydrogen-bond acceptors (Lipinski definition) is 2. The first kappa shape index (κ1) is 23.4. The molecule has 0 aliphatic rings. The molecule has 1 rings (SSSR count). The Morgan fingerprint density at radius 2 is 1.52 bits per heavy atom. The molecule has 0 heterocycles. The number of unbranched alkanes of at least 4 members (excludes halogenated alkanes) is 6. The third-order valence-corrected chi connectivity index (χ3v) is 4.54. The lowest BCUT2D eigenvalue weighted by Gasteiger charge is -2.18. The summed E-state index contributed by atoms with van der Waals surface area (Å²) in [4.78, 5) is 12.3. The van der Waals surface area contributed by atoms with Gasteiger partial charge in [-0.3, -0.25) is 0 Å². The molecule has 0 saturated carbocycles. The molecule has 1 aromatic rings. The topological polar surface area (TPSA) is 26.3 Å². The van der Waals surface area contributed by atoms with Crippen LogP contribution in [0.5, 0.6) is 0 Å². The molecule has 154 valence electrons. The van der Waals surface area contributed by atoms with Crippen LogP contribution < -0.4 is 0 Å². The second-order valence-corrected chi connectivity index (χ2v) is 6.92. The predicted octanol–water partition coefficient (Wildman–Crippen LogP) is 7.31. The number of esters is 1. The van der Waals surface area contributed by atoms with Gasteiger partial charge in [-0.15, -0.1) is 0 Å². The first-order chi connectivity index (χ1) is 12.8. The highest BCUT2D eigenvalue weighted by atomic mass is 19.4. The van der Waals surface area contributed by atoms with E-state index in [0.717, 1.165) is 57.4 Å². The zero-order valence-corrected chi connectivity index (χ0v) is 16.2. The van der Waals surface area contributed by atoms with Crippen molar-refractivity contribution in [1.29, 1.82) is 0 Å². The van der Waals surface area contributed by atoms with E-state index in [1.807, 2.05) is 0 Å². The van der Waals surface area contributed by atoms with Crippen LogP contribution in [-0.2, 0) is 10.9 Å². The molecule has 2 nitrogen and oxygen atoms in total. The van der Waals surface area contributed by atoms with Crippen molar-refractivity contribution in [1.82, 2.24) is 0 Å². The van der Waals surface area contributed by atoms with Crippen molar-refractivity contribution in [2.75, 3.05) is 0 Å². The van der Waals surface area contributed by atoms with Crippen LogP contribution in [0.4, 0.5) is 17.6 Å². The molecule has 0 unspecified atom stereocenters. The van der Waals surface area contributed by atoms with Crippen molar-refractivity contribution in [3.05, 3.63) is 35.1 Å². The summed E-state index contributed by atoms with van der Waals surface area (Å²) in [5.41, 5.74) is -1.71. The number of ether oxygens (including phenoxy) is 1. The van der Waals surface area contributed by atoms with Crippen LogP contribution in [0.2, 0.25) is 0 Å². The Labute approximate surface area is 159 Å². The number of hydrogen-bond donors (Lipinski definition) is 0. The molecule has 0 amide bonds. The van der Waals surface area contributed by atoms with Gasteiger partial charge in [-0.05, 0) is 43.9 Å². The Balaban J connectivity index is 2.75. The minimum atomic E-state index is -4.85. The molecule has 6 heteroatoms. The van der Waals surface area contributed by atoms with Crippen molar-refractivity contribution in [2.45, 2.75) is 90.3 Å². The Kier molecular flexibility index (Phi) is 10.4. The normalized spacial score (nSPS) is 11.8. The van der Waals surface area contributed by atoms with E-state index in [-0.39, 0.29) is 11.7 Å². The Bertz CT molecular complexity index is 558. The van der Waals surface area contributed by atoms with Crippen molar-refractivity contribution < 1.29 is 27.1 Å². The average molecular weight is 390 g/mol. The van der Waals surface area contributed by atoms with E-state index in [9.17, 15) is 22.4 Å². The van der Waals surface area contributed by atoms with Crippen molar-refractivity contribution in [2.24, 2.45) is 0 Å². The minimum Gasteiger partial charge on any atom is -0.459 e. The fourth-order valence-corrected chi connectivity index (χ4v) is 2.95. The van der Waals surface area contributed by atoms with Crippen LogP contribution in [0.15, 0.2) is 18.2 Å². The summed E-state index contributed by atoms with van der Waals surface area (Å²) >= 11 is 0. The van der Waals surface area contributed by atoms with Crippen molar-refractivity contribution >= 4 is 5.97 Å². The van der Waals surface area contributed by atoms with Gasteiger partial charge in [-0.1, -0.05) is 52.4 Å². The number of alkyl halides is 3. The number of halogens is 4. The first-order valence-electron chi connectivity index (χ1n) is 9.87. The van der Waals surface area contributed by atoms with Crippen LogP contribution in [0.1, 0.15) is 94.0 Å². The predicted molar refractivity (Wildman–Crippen MR) is 98.1 cm³/mol. The molecule has 0 radical (unpaired) electrons. The lowest BCUT2D eigenvalue weighted by Crippen LogP contribution is -2.19. The van der Waals surface area contributed by atoms with Crippen molar-refractivity contribution in [3.8, 4) is 0 Å². The molecule has 27 heavy (non-hydrogen) atoms. The number of carbonyl (C=O) groups is 1. The van der Waals surface area contributed by atoms with E-state index in [1.54, 1.807) is 0 Å². The standard InChI is InChI=1S/C21H30F4O2/c1-3-5-7-9-11-17(12-10-8-6-4-2)27-20(26)16-13-14-19(22)18(15-16)21(23,24)25/h13-15,17H,3-12H2,1-2H3. The molecule has 1 aromatic carbocycles. The molecule has 0 atom stereocenters. The fraction of sp³-hybridized carbons (Fsp3) is 0.667. The summed E-state index contributed by atoms with van der Waals surface area (Å²) in [6, 6.07) is 2.23. The van der Waals surface area contributed by atoms with Crippen molar-refractivity contribution in [3.63, 3.8) is 0 Å². The maximum atomic E-state index is 13.4. The van der Waals surface area contributed by atoms with Crippen LogP contribution in [0, 0.1) is 5.82 Å². The van der Waals surface area contributed by atoms with Gasteiger partial charge in [-0.25, -0.2) is 9.18 Å². The molecule has 0 fully saturated rings. The molecule has 0 aliphatic heterocycles. The second-order valence-electron chi connectivity index (χ2n) is 6.92. The van der Waals surface area contributed by atoms with Gasteiger partial charge in [0.2, 0.25) is 0 Å².